The summed E-state index contributed by atoms with van der Waals surface area (Å²) >= 11 is 0. The molecule has 0 aromatic heterocycles. The second kappa shape index (κ2) is 13.4. The highest BCUT2D eigenvalue weighted by Gasteiger charge is 2.43. The Morgan fingerprint density at radius 3 is 1.80 bits per heavy atom. The molecule has 11 nitrogen and oxygen atoms in total. The van der Waals surface area contributed by atoms with Crippen molar-refractivity contribution in [3.63, 3.8) is 0 Å². The average Bonchev–Trinajstić information content (AvgIpc) is 2.92. The van der Waals surface area contributed by atoms with Crippen LogP contribution in [-0.2, 0) is 24.9 Å². The maximum absolute atomic E-state index is 14.3. The summed E-state index contributed by atoms with van der Waals surface area (Å²) in [5.41, 5.74) is 0.322. The van der Waals surface area contributed by atoms with Crippen LogP contribution in [0.1, 0.15) is 18.9 Å². The molecule has 13 heteroatoms. The van der Waals surface area contributed by atoms with Gasteiger partial charge >= 0.3 is 18.8 Å². The van der Waals surface area contributed by atoms with Gasteiger partial charge in [-0.2, -0.15) is 0 Å². The Kier molecular flexibility index (Phi) is 10.2. The number of sulfone groups is 1. The van der Waals surface area contributed by atoms with Crippen molar-refractivity contribution in [1.29, 1.82) is 0 Å². The Labute approximate surface area is 232 Å². The Bertz CT molecular complexity index is 1430. The highest BCUT2D eigenvalue weighted by Crippen LogP contribution is 2.50. The third kappa shape index (κ3) is 8.00. The van der Waals surface area contributed by atoms with Crippen LogP contribution in [0, 0.1) is 0 Å². The third-order valence-corrected chi connectivity index (χ3v) is 8.75. The van der Waals surface area contributed by atoms with Gasteiger partial charge in [0, 0.05) is 12.1 Å². The minimum atomic E-state index is -4.59. The average molecular weight is 592 g/mol. The highest BCUT2D eigenvalue weighted by atomic mass is 32.2. The first kappa shape index (κ1) is 30.5. The zero-order valence-corrected chi connectivity index (χ0v) is 23.8. The number of hydrogen-bond acceptors (Lipinski definition) is 9. The summed E-state index contributed by atoms with van der Waals surface area (Å²) in [6, 6.07) is 18.4. The van der Waals surface area contributed by atoms with Gasteiger partial charge in [0.1, 0.15) is 35.3 Å². The Hall–Kier alpha value is -4.02. The van der Waals surface area contributed by atoms with Crippen LogP contribution >= 0.6 is 7.60 Å². The lowest BCUT2D eigenvalue weighted by atomic mass is 10.2. The van der Waals surface area contributed by atoms with Crippen LogP contribution in [0.5, 0.6) is 23.0 Å². The molecule has 3 rings (SSSR count). The quantitative estimate of drug-likeness (QED) is 0.263. The summed E-state index contributed by atoms with van der Waals surface area (Å²) in [7, 11) is -6.28. The van der Waals surface area contributed by atoms with E-state index < -0.39 is 46.7 Å². The molecular formula is C27H30NO10PS. The van der Waals surface area contributed by atoms with Crippen LogP contribution in [0.15, 0.2) is 78.9 Å². The molecule has 3 aromatic carbocycles. The number of benzene rings is 3. The van der Waals surface area contributed by atoms with E-state index in [-0.39, 0.29) is 17.9 Å². The first-order chi connectivity index (χ1) is 19.0. The monoisotopic (exact) mass is 591 g/mol. The number of nitrogens with zero attached hydrogens (tertiary/aromatic N) is 1. The molecule has 3 aromatic rings. The molecule has 0 heterocycles. The van der Waals surface area contributed by atoms with Gasteiger partial charge in [-0.05, 0) is 36.2 Å². The lowest BCUT2D eigenvalue weighted by molar-refractivity contribution is -0.141. The molecule has 0 aliphatic rings. The standard InChI is InChI=1S/C27H30NO10PS/c1-4-25(26(29)30)28(27(31)40(33,34)18-20-10-6-5-7-11-20)19-39(32,37-23-14-8-12-21(16-23)35-2)38-24-15-9-13-22(17-24)36-3/h5-17,25H,4,18-19H2,1-3H3,(H,29,30). The third-order valence-electron chi connectivity index (χ3n) is 5.65. The SMILES string of the molecule is CCC(C(=O)O)N(CP(=O)(Oc1cccc(OC)c1)Oc1cccc(OC)c1)C(=O)S(=O)(=O)Cc1ccccc1. The van der Waals surface area contributed by atoms with E-state index in [0.29, 0.717) is 22.0 Å². The summed E-state index contributed by atoms with van der Waals surface area (Å²) in [4.78, 5) is 26.1. The first-order valence-corrected chi connectivity index (χ1v) is 15.4. The lowest BCUT2D eigenvalue weighted by Crippen LogP contribution is -2.48. The normalized spacial score (nSPS) is 12.2. The van der Waals surface area contributed by atoms with Crippen LogP contribution < -0.4 is 18.5 Å². The number of carboxylic acids is 1. The van der Waals surface area contributed by atoms with E-state index >= 15 is 0 Å². The molecule has 40 heavy (non-hydrogen) atoms. The van der Waals surface area contributed by atoms with Crippen LogP contribution in [-0.4, -0.2) is 56.2 Å². The predicted octanol–water partition coefficient (Wildman–Crippen LogP) is 5.21. The number of ether oxygens (including phenoxy) is 2. The molecule has 1 amide bonds. The number of carbonyl (C=O) groups is 2. The topological polar surface area (TPSA) is 146 Å². The van der Waals surface area contributed by atoms with Gasteiger partial charge < -0.3 is 28.5 Å². The van der Waals surface area contributed by atoms with Gasteiger partial charge in [0.05, 0.1) is 20.0 Å². The van der Waals surface area contributed by atoms with Crippen LogP contribution in [0.2, 0.25) is 0 Å². The highest BCUT2D eigenvalue weighted by molar-refractivity contribution is 8.05. The molecule has 0 radical (unpaired) electrons. The van der Waals surface area contributed by atoms with Gasteiger partial charge in [-0.1, -0.05) is 49.4 Å². The van der Waals surface area contributed by atoms with Crippen molar-refractivity contribution in [1.82, 2.24) is 4.90 Å². The Balaban J connectivity index is 2.06. The second-order valence-corrected chi connectivity index (χ2v) is 12.3. The summed E-state index contributed by atoms with van der Waals surface area (Å²) in [6.45, 7) is 1.46. The number of hydrogen-bond donors (Lipinski definition) is 1. The van der Waals surface area contributed by atoms with E-state index in [9.17, 15) is 27.7 Å². The molecule has 1 atom stereocenters. The Morgan fingerprint density at radius 2 is 1.35 bits per heavy atom. The maximum Gasteiger partial charge on any atom is 0.450 e. The molecule has 0 fully saturated rings. The van der Waals surface area contributed by atoms with Gasteiger partial charge in [-0.3, -0.25) is 4.79 Å². The zero-order valence-electron chi connectivity index (χ0n) is 22.1. The number of carboxylic acid groups (broad SMARTS) is 1. The number of carbonyl (C=O) groups excluding carboxylic acids is 1. The molecule has 0 aliphatic carbocycles. The molecule has 214 valence electrons. The van der Waals surface area contributed by atoms with E-state index in [4.69, 9.17) is 18.5 Å². The summed E-state index contributed by atoms with van der Waals surface area (Å²) in [5.74, 6) is -1.40. The largest absolute Gasteiger partial charge is 0.497 e. The number of amides is 1. The predicted molar refractivity (Wildman–Crippen MR) is 148 cm³/mol. The molecular weight excluding hydrogens is 561 g/mol. The molecule has 0 saturated heterocycles. The van der Waals surface area contributed by atoms with Crippen molar-refractivity contribution >= 4 is 28.6 Å². The number of rotatable bonds is 13. The zero-order chi connectivity index (χ0) is 29.3. The van der Waals surface area contributed by atoms with Gasteiger partial charge in [-0.25, -0.2) is 17.8 Å². The van der Waals surface area contributed by atoms with Crippen LogP contribution in [0.4, 0.5) is 4.79 Å². The smallest absolute Gasteiger partial charge is 0.450 e. The molecule has 0 aliphatic heterocycles. The fourth-order valence-corrected chi connectivity index (χ4v) is 6.87. The molecule has 1 unspecified atom stereocenters. The second-order valence-electron chi connectivity index (χ2n) is 8.54. The van der Waals surface area contributed by atoms with E-state index in [0.717, 1.165) is 0 Å². The van der Waals surface area contributed by atoms with Crippen molar-refractivity contribution < 1.29 is 46.2 Å². The van der Waals surface area contributed by atoms with E-state index in [1.54, 1.807) is 42.5 Å². The number of methoxy groups -OCH3 is 2. The van der Waals surface area contributed by atoms with Crippen molar-refractivity contribution in [3.8, 4) is 23.0 Å². The molecule has 0 spiro atoms. The van der Waals surface area contributed by atoms with Gasteiger partial charge in [0.15, 0.2) is 0 Å². The summed E-state index contributed by atoms with van der Waals surface area (Å²) in [5, 5.41) is 8.35. The van der Waals surface area contributed by atoms with Crippen molar-refractivity contribution in [2.45, 2.75) is 25.1 Å². The van der Waals surface area contributed by atoms with Crippen molar-refractivity contribution in [3.05, 3.63) is 84.4 Å². The molecule has 0 bridgehead atoms. The van der Waals surface area contributed by atoms with Gasteiger partial charge in [0.25, 0.3) is 0 Å². The summed E-state index contributed by atoms with van der Waals surface area (Å²) in [6.07, 6.45) is -1.17. The fraction of sp³-hybridized carbons (Fsp3) is 0.259. The maximum atomic E-state index is 14.3. The first-order valence-electron chi connectivity index (χ1n) is 12.1. The summed E-state index contributed by atoms with van der Waals surface area (Å²) < 4.78 is 62.4. The lowest BCUT2D eigenvalue weighted by Gasteiger charge is -2.31. The van der Waals surface area contributed by atoms with E-state index in [1.807, 2.05) is 0 Å². The molecule has 1 N–H and O–H groups in total. The van der Waals surface area contributed by atoms with E-state index in [2.05, 4.69) is 0 Å². The molecule has 0 saturated carbocycles. The van der Waals surface area contributed by atoms with Crippen LogP contribution in [0.25, 0.3) is 0 Å². The van der Waals surface area contributed by atoms with Crippen molar-refractivity contribution in [2.75, 3.05) is 20.5 Å². The fourth-order valence-electron chi connectivity index (χ4n) is 3.75. The minimum absolute atomic E-state index is 0.0218. The number of aliphatic carboxylic acids is 1. The van der Waals surface area contributed by atoms with Crippen LogP contribution in [0.3, 0.4) is 0 Å². The van der Waals surface area contributed by atoms with Gasteiger partial charge in [0.2, 0.25) is 9.84 Å². The van der Waals surface area contributed by atoms with E-state index in [1.165, 1.54) is 57.5 Å². The minimum Gasteiger partial charge on any atom is -0.497 e. The van der Waals surface area contributed by atoms with Crippen molar-refractivity contribution in [2.24, 2.45) is 0 Å². The Morgan fingerprint density at radius 1 is 0.850 bits per heavy atom. The van der Waals surface area contributed by atoms with Gasteiger partial charge in [-0.15, -0.1) is 0 Å².